The Morgan fingerprint density at radius 3 is 2.34 bits per heavy atom. The van der Waals surface area contributed by atoms with E-state index in [2.05, 4.69) is 5.32 Å². The lowest BCUT2D eigenvalue weighted by Crippen LogP contribution is -2.20. The van der Waals surface area contributed by atoms with Crippen LogP contribution in [0.1, 0.15) is 27.8 Å². The van der Waals surface area contributed by atoms with Crippen LogP contribution in [0, 0.1) is 0 Å². The number of carbonyl (C=O) groups excluding carboxylic acids is 3. The van der Waals surface area contributed by atoms with Gasteiger partial charge in [0.2, 0.25) is 0 Å². The molecule has 0 unspecified atom stereocenters. The van der Waals surface area contributed by atoms with Crippen LogP contribution < -0.4 is 10.1 Å². The Balaban J connectivity index is 1.51. The molecule has 0 fully saturated rings. The zero-order chi connectivity index (χ0) is 20.6. The molecule has 0 aliphatic rings. The molecule has 3 aromatic rings. The molecule has 0 atom stereocenters. The van der Waals surface area contributed by atoms with E-state index in [1.54, 1.807) is 60.7 Å². The number of rotatable bonds is 8. The van der Waals surface area contributed by atoms with E-state index >= 15 is 0 Å². The maximum atomic E-state index is 12.1. The molecule has 3 rings (SSSR count). The lowest BCUT2D eigenvalue weighted by molar-refractivity contribution is -0.119. The van der Waals surface area contributed by atoms with Gasteiger partial charge in [-0.3, -0.25) is 9.59 Å². The number of anilines is 1. The number of esters is 1. The Kier molecular flexibility index (Phi) is 6.42. The van der Waals surface area contributed by atoms with Crippen LogP contribution in [-0.4, -0.2) is 31.4 Å². The molecular weight excluding hydrogens is 374 g/mol. The standard InChI is InChI=1S/C22H19NO6/c1-2-27-18-9-7-17(8-10-18)23-21(25)14-28-22(26)16-5-3-15(4-6-16)20-12-11-19(13-24)29-20/h3-13H,2,14H2,1H3,(H,23,25). The maximum absolute atomic E-state index is 12.1. The smallest absolute Gasteiger partial charge is 0.338 e. The molecule has 29 heavy (non-hydrogen) atoms. The van der Waals surface area contributed by atoms with E-state index in [0.29, 0.717) is 41.2 Å². The lowest BCUT2D eigenvalue weighted by atomic mass is 10.1. The largest absolute Gasteiger partial charge is 0.494 e. The summed E-state index contributed by atoms with van der Waals surface area (Å²) in [5.41, 5.74) is 1.58. The first-order valence-corrected chi connectivity index (χ1v) is 8.94. The van der Waals surface area contributed by atoms with Crippen molar-refractivity contribution in [1.29, 1.82) is 0 Å². The number of hydrogen-bond donors (Lipinski definition) is 1. The van der Waals surface area contributed by atoms with E-state index < -0.39 is 18.5 Å². The molecule has 2 aromatic carbocycles. The molecule has 1 amide bonds. The number of hydrogen-bond acceptors (Lipinski definition) is 6. The average molecular weight is 393 g/mol. The minimum Gasteiger partial charge on any atom is -0.494 e. The third-order valence-electron chi connectivity index (χ3n) is 3.93. The van der Waals surface area contributed by atoms with Crippen molar-refractivity contribution in [3.8, 4) is 17.1 Å². The van der Waals surface area contributed by atoms with Gasteiger partial charge in [-0.25, -0.2) is 4.79 Å². The van der Waals surface area contributed by atoms with Gasteiger partial charge < -0.3 is 19.2 Å². The summed E-state index contributed by atoms with van der Waals surface area (Å²) in [5, 5.41) is 2.64. The van der Waals surface area contributed by atoms with Gasteiger partial charge in [-0.1, -0.05) is 12.1 Å². The van der Waals surface area contributed by atoms with E-state index in [0.717, 1.165) is 0 Å². The van der Waals surface area contributed by atoms with Gasteiger partial charge in [0, 0.05) is 11.3 Å². The highest BCUT2D eigenvalue weighted by Gasteiger charge is 2.12. The predicted octanol–water partition coefficient (Wildman–Crippen LogP) is 3.95. The van der Waals surface area contributed by atoms with E-state index in [1.807, 2.05) is 6.92 Å². The number of nitrogens with one attached hydrogen (secondary N) is 1. The number of carbonyl (C=O) groups is 3. The number of benzene rings is 2. The van der Waals surface area contributed by atoms with Gasteiger partial charge in [-0.05, 0) is 55.5 Å². The van der Waals surface area contributed by atoms with Gasteiger partial charge in [-0.2, -0.15) is 0 Å². The van der Waals surface area contributed by atoms with Crippen LogP contribution >= 0.6 is 0 Å². The molecule has 0 bridgehead atoms. The summed E-state index contributed by atoms with van der Waals surface area (Å²) in [4.78, 5) is 34.8. The molecule has 0 saturated heterocycles. The number of ether oxygens (including phenoxy) is 2. The summed E-state index contributed by atoms with van der Waals surface area (Å²) in [6, 6.07) is 16.6. The van der Waals surface area contributed by atoms with Crippen LogP contribution in [0.15, 0.2) is 65.1 Å². The van der Waals surface area contributed by atoms with Gasteiger partial charge in [0.05, 0.1) is 12.2 Å². The van der Waals surface area contributed by atoms with Crippen molar-refractivity contribution in [2.24, 2.45) is 0 Å². The van der Waals surface area contributed by atoms with Crippen LogP contribution in [0.5, 0.6) is 5.75 Å². The van der Waals surface area contributed by atoms with Crippen LogP contribution in [0.3, 0.4) is 0 Å². The summed E-state index contributed by atoms with van der Waals surface area (Å²) >= 11 is 0. The SMILES string of the molecule is CCOc1ccc(NC(=O)COC(=O)c2ccc(-c3ccc(C=O)o3)cc2)cc1. The first-order chi connectivity index (χ1) is 14.1. The fourth-order valence-electron chi connectivity index (χ4n) is 2.55. The topological polar surface area (TPSA) is 94.8 Å². The minimum absolute atomic E-state index is 0.224. The number of furan rings is 1. The van der Waals surface area contributed by atoms with Crippen molar-refractivity contribution < 1.29 is 28.3 Å². The molecule has 1 heterocycles. The quantitative estimate of drug-likeness (QED) is 0.460. The highest BCUT2D eigenvalue weighted by molar-refractivity contribution is 5.95. The Morgan fingerprint density at radius 1 is 1.00 bits per heavy atom. The van der Waals surface area contributed by atoms with Gasteiger partial charge in [0.15, 0.2) is 18.7 Å². The molecule has 7 heteroatoms. The Morgan fingerprint density at radius 2 is 1.72 bits per heavy atom. The maximum Gasteiger partial charge on any atom is 0.338 e. The molecular formula is C22H19NO6. The first kappa shape index (κ1) is 19.9. The summed E-state index contributed by atoms with van der Waals surface area (Å²) in [6.07, 6.45) is 0.619. The molecule has 0 aliphatic heterocycles. The van der Waals surface area contributed by atoms with Crippen LogP contribution in [-0.2, 0) is 9.53 Å². The van der Waals surface area contributed by atoms with E-state index in [1.165, 1.54) is 0 Å². The lowest BCUT2D eigenvalue weighted by Gasteiger charge is -2.08. The van der Waals surface area contributed by atoms with Gasteiger partial charge in [-0.15, -0.1) is 0 Å². The van der Waals surface area contributed by atoms with Crippen molar-refractivity contribution in [3.05, 3.63) is 72.0 Å². The molecule has 0 aliphatic carbocycles. The predicted molar refractivity (Wildman–Crippen MR) is 106 cm³/mol. The van der Waals surface area contributed by atoms with Crippen molar-refractivity contribution in [1.82, 2.24) is 0 Å². The van der Waals surface area contributed by atoms with Gasteiger partial charge >= 0.3 is 5.97 Å². The molecule has 1 N–H and O–H groups in total. The van der Waals surface area contributed by atoms with Crippen molar-refractivity contribution in [2.75, 3.05) is 18.5 Å². The fourth-order valence-corrected chi connectivity index (χ4v) is 2.55. The zero-order valence-electron chi connectivity index (χ0n) is 15.7. The van der Waals surface area contributed by atoms with E-state index in [-0.39, 0.29) is 5.76 Å². The Bertz CT molecular complexity index is 989. The second kappa shape index (κ2) is 9.36. The minimum atomic E-state index is -0.619. The second-order valence-electron chi connectivity index (χ2n) is 5.98. The normalized spacial score (nSPS) is 10.2. The van der Waals surface area contributed by atoms with Gasteiger partial charge in [0.1, 0.15) is 11.5 Å². The average Bonchev–Trinajstić information content (AvgIpc) is 3.23. The van der Waals surface area contributed by atoms with Crippen molar-refractivity contribution >= 4 is 23.9 Å². The second-order valence-corrected chi connectivity index (χ2v) is 5.98. The Hall–Kier alpha value is -3.87. The Labute approximate surface area is 167 Å². The molecule has 0 radical (unpaired) electrons. The third kappa shape index (κ3) is 5.32. The summed E-state index contributed by atoms with van der Waals surface area (Å²) in [5.74, 6) is 0.378. The van der Waals surface area contributed by atoms with E-state index in [9.17, 15) is 14.4 Å². The fraction of sp³-hybridized carbons (Fsp3) is 0.136. The van der Waals surface area contributed by atoms with Crippen LogP contribution in [0.2, 0.25) is 0 Å². The monoisotopic (exact) mass is 393 g/mol. The summed E-state index contributed by atoms with van der Waals surface area (Å²) in [7, 11) is 0. The molecule has 0 spiro atoms. The van der Waals surface area contributed by atoms with Crippen LogP contribution in [0.25, 0.3) is 11.3 Å². The number of amides is 1. The van der Waals surface area contributed by atoms with Gasteiger partial charge in [0.25, 0.3) is 5.91 Å². The highest BCUT2D eigenvalue weighted by atomic mass is 16.5. The third-order valence-corrected chi connectivity index (χ3v) is 3.93. The molecule has 1 aromatic heterocycles. The molecule has 148 valence electrons. The molecule has 0 saturated carbocycles. The molecule has 7 nitrogen and oxygen atoms in total. The van der Waals surface area contributed by atoms with Crippen molar-refractivity contribution in [3.63, 3.8) is 0 Å². The highest BCUT2D eigenvalue weighted by Crippen LogP contribution is 2.22. The number of aldehydes is 1. The summed E-state index contributed by atoms with van der Waals surface area (Å²) < 4.78 is 15.7. The van der Waals surface area contributed by atoms with E-state index in [4.69, 9.17) is 13.9 Å². The first-order valence-electron chi connectivity index (χ1n) is 8.94. The summed E-state index contributed by atoms with van der Waals surface area (Å²) in [6.45, 7) is 2.04. The van der Waals surface area contributed by atoms with Crippen molar-refractivity contribution in [2.45, 2.75) is 6.92 Å². The zero-order valence-corrected chi connectivity index (χ0v) is 15.7. The van der Waals surface area contributed by atoms with Crippen LogP contribution in [0.4, 0.5) is 5.69 Å².